The summed E-state index contributed by atoms with van der Waals surface area (Å²) in [7, 11) is 1.68. The maximum absolute atomic E-state index is 5.58. The van der Waals surface area contributed by atoms with Gasteiger partial charge < -0.3 is 9.47 Å². The molecule has 0 saturated heterocycles. The summed E-state index contributed by atoms with van der Waals surface area (Å²) in [5.74, 6) is 0. The Morgan fingerprint density at radius 1 is 1.43 bits per heavy atom. The summed E-state index contributed by atoms with van der Waals surface area (Å²) in [6.07, 6.45) is 0.138. The minimum absolute atomic E-state index is 0.138. The van der Waals surface area contributed by atoms with Gasteiger partial charge in [0.15, 0.2) is 0 Å². The predicted molar refractivity (Wildman–Crippen MR) is 60.3 cm³/mol. The monoisotopic (exact) mass is 258 g/mol. The highest BCUT2D eigenvalue weighted by Gasteiger charge is 2.01. The van der Waals surface area contributed by atoms with E-state index in [-0.39, 0.29) is 6.10 Å². The summed E-state index contributed by atoms with van der Waals surface area (Å²) in [6, 6.07) is 8.11. The SMILES string of the molecule is COCC(C)OCc1cccc(Br)c1. The second kappa shape index (κ2) is 6.17. The first-order valence-electron chi connectivity index (χ1n) is 4.57. The molecule has 0 radical (unpaired) electrons. The van der Waals surface area contributed by atoms with Crippen molar-refractivity contribution in [1.82, 2.24) is 0 Å². The Balaban J connectivity index is 2.37. The van der Waals surface area contributed by atoms with Crippen LogP contribution in [0.2, 0.25) is 0 Å². The molecule has 78 valence electrons. The second-order valence-electron chi connectivity index (χ2n) is 3.21. The van der Waals surface area contributed by atoms with E-state index in [1.807, 2.05) is 25.1 Å². The lowest BCUT2D eigenvalue weighted by molar-refractivity contribution is -0.000140. The molecule has 0 fully saturated rings. The predicted octanol–water partition coefficient (Wildman–Crippen LogP) is 3.00. The van der Waals surface area contributed by atoms with Crippen LogP contribution in [0.1, 0.15) is 12.5 Å². The van der Waals surface area contributed by atoms with E-state index < -0.39 is 0 Å². The topological polar surface area (TPSA) is 18.5 Å². The van der Waals surface area contributed by atoms with Gasteiger partial charge >= 0.3 is 0 Å². The van der Waals surface area contributed by atoms with Crippen LogP contribution in [0.4, 0.5) is 0 Å². The van der Waals surface area contributed by atoms with Crippen molar-refractivity contribution in [3.05, 3.63) is 34.3 Å². The van der Waals surface area contributed by atoms with Crippen LogP contribution in [-0.2, 0) is 16.1 Å². The molecule has 0 amide bonds. The Bertz CT molecular complexity index is 276. The zero-order chi connectivity index (χ0) is 10.4. The first kappa shape index (κ1) is 11.7. The number of hydrogen-bond donors (Lipinski definition) is 0. The molecule has 0 spiro atoms. The van der Waals surface area contributed by atoms with Crippen molar-refractivity contribution in [3.8, 4) is 0 Å². The molecular weight excluding hydrogens is 244 g/mol. The van der Waals surface area contributed by atoms with Crippen LogP contribution in [0.15, 0.2) is 28.7 Å². The minimum atomic E-state index is 0.138. The number of hydrogen-bond acceptors (Lipinski definition) is 2. The van der Waals surface area contributed by atoms with Gasteiger partial charge in [-0.05, 0) is 24.6 Å². The Hall–Kier alpha value is -0.380. The molecule has 1 atom stereocenters. The fourth-order valence-corrected chi connectivity index (χ4v) is 1.59. The van der Waals surface area contributed by atoms with Gasteiger partial charge in [-0.3, -0.25) is 0 Å². The summed E-state index contributed by atoms with van der Waals surface area (Å²) < 4.78 is 11.6. The molecule has 14 heavy (non-hydrogen) atoms. The Morgan fingerprint density at radius 2 is 2.21 bits per heavy atom. The average molecular weight is 259 g/mol. The van der Waals surface area contributed by atoms with E-state index in [9.17, 15) is 0 Å². The number of benzene rings is 1. The lowest BCUT2D eigenvalue weighted by Crippen LogP contribution is -2.14. The standard InChI is InChI=1S/C11H15BrO2/c1-9(7-13-2)14-8-10-4-3-5-11(12)6-10/h3-6,9H,7-8H2,1-2H3. The Morgan fingerprint density at radius 3 is 2.86 bits per heavy atom. The zero-order valence-corrected chi connectivity index (χ0v) is 10.1. The molecule has 3 heteroatoms. The number of halogens is 1. The van der Waals surface area contributed by atoms with Crippen molar-refractivity contribution in [3.63, 3.8) is 0 Å². The Kier molecular flexibility index (Phi) is 5.15. The van der Waals surface area contributed by atoms with Gasteiger partial charge in [-0.2, -0.15) is 0 Å². The Labute approximate surface area is 93.4 Å². The zero-order valence-electron chi connectivity index (χ0n) is 8.50. The van der Waals surface area contributed by atoms with Crippen LogP contribution in [0.5, 0.6) is 0 Å². The van der Waals surface area contributed by atoms with Gasteiger partial charge in [0.25, 0.3) is 0 Å². The van der Waals surface area contributed by atoms with Crippen molar-refractivity contribution >= 4 is 15.9 Å². The van der Waals surface area contributed by atoms with Crippen LogP contribution in [0.3, 0.4) is 0 Å². The van der Waals surface area contributed by atoms with Crippen molar-refractivity contribution in [2.75, 3.05) is 13.7 Å². The smallest absolute Gasteiger partial charge is 0.0784 e. The van der Waals surface area contributed by atoms with Gasteiger partial charge in [0.05, 0.1) is 19.3 Å². The molecule has 2 nitrogen and oxygen atoms in total. The first-order valence-corrected chi connectivity index (χ1v) is 5.36. The van der Waals surface area contributed by atoms with Gasteiger partial charge in [0.2, 0.25) is 0 Å². The third-order valence-electron chi connectivity index (χ3n) is 1.82. The largest absolute Gasteiger partial charge is 0.382 e. The van der Waals surface area contributed by atoms with Gasteiger partial charge in [0.1, 0.15) is 0 Å². The first-order chi connectivity index (χ1) is 6.72. The summed E-state index contributed by atoms with van der Waals surface area (Å²) >= 11 is 3.42. The van der Waals surface area contributed by atoms with Crippen molar-refractivity contribution in [1.29, 1.82) is 0 Å². The maximum Gasteiger partial charge on any atom is 0.0784 e. The molecule has 0 heterocycles. The van der Waals surface area contributed by atoms with E-state index in [0.29, 0.717) is 13.2 Å². The van der Waals surface area contributed by atoms with Crippen LogP contribution >= 0.6 is 15.9 Å². The number of ether oxygens (including phenoxy) is 2. The molecule has 0 N–H and O–H groups in total. The van der Waals surface area contributed by atoms with Gasteiger partial charge in [-0.1, -0.05) is 28.1 Å². The third kappa shape index (κ3) is 4.22. The van der Waals surface area contributed by atoms with E-state index in [4.69, 9.17) is 9.47 Å². The quantitative estimate of drug-likeness (QED) is 0.809. The van der Waals surface area contributed by atoms with Gasteiger partial charge in [-0.15, -0.1) is 0 Å². The van der Waals surface area contributed by atoms with E-state index >= 15 is 0 Å². The molecule has 0 aliphatic carbocycles. The van der Waals surface area contributed by atoms with Crippen molar-refractivity contribution < 1.29 is 9.47 Å². The number of rotatable bonds is 5. The summed E-state index contributed by atoms with van der Waals surface area (Å²) in [4.78, 5) is 0. The molecule has 0 aromatic heterocycles. The van der Waals surface area contributed by atoms with Crippen LogP contribution in [0, 0.1) is 0 Å². The minimum Gasteiger partial charge on any atom is -0.382 e. The normalized spacial score (nSPS) is 12.8. The molecule has 0 aliphatic heterocycles. The summed E-state index contributed by atoms with van der Waals surface area (Å²) in [5.41, 5.74) is 1.17. The average Bonchev–Trinajstić information content (AvgIpc) is 2.15. The lowest BCUT2D eigenvalue weighted by Gasteiger charge is -2.11. The van der Waals surface area contributed by atoms with Crippen LogP contribution in [0.25, 0.3) is 0 Å². The fraction of sp³-hybridized carbons (Fsp3) is 0.455. The molecule has 0 aliphatic rings. The molecule has 1 aromatic carbocycles. The van der Waals surface area contributed by atoms with Crippen LogP contribution in [-0.4, -0.2) is 19.8 Å². The van der Waals surface area contributed by atoms with Crippen LogP contribution < -0.4 is 0 Å². The molecule has 0 saturated carbocycles. The van der Waals surface area contributed by atoms with E-state index in [2.05, 4.69) is 22.0 Å². The lowest BCUT2D eigenvalue weighted by atomic mass is 10.2. The van der Waals surface area contributed by atoms with Gasteiger partial charge in [0, 0.05) is 11.6 Å². The number of methoxy groups -OCH3 is 1. The van der Waals surface area contributed by atoms with E-state index in [0.717, 1.165) is 4.47 Å². The fourth-order valence-electron chi connectivity index (χ4n) is 1.15. The molecule has 0 bridgehead atoms. The molecule has 1 rings (SSSR count). The van der Waals surface area contributed by atoms with Gasteiger partial charge in [-0.25, -0.2) is 0 Å². The highest BCUT2D eigenvalue weighted by molar-refractivity contribution is 9.10. The second-order valence-corrected chi connectivity index (χ2v) is 4.12. The molecular formula is C11H15BrO2. The molecule has 1 aromatic rings. The van der Waals surface area contributed by atoms with E-state index in [1.54, 1.807) is 7.11 Å². The van der Waals surface area contributed by atoms with Crippen molar-refractivity contribution in [2.24, 2.45) is 0 Å². The van der Waals surface area contributed by atoms with Crippen molar-refractivity contribution in [2.45, 2.75) is 19.6 Å². The summed E-state index contributed by atoms with van der Waals surface area (Å²) in [6.45, 7) is 3.26. The molecule has 1 unspecified atom stereocenters. The van der Waals surface area contributed by atoms with E-state index in [1.165, 1.54) is 5.56 Å². The highest BCUT2D eigenvalue weighted by Crippen LogP contribution is 2.12. The highest BCUT2D eigenvalue weighted by atomic mass is 79.9. The maximum atomic E-state index is 5.58. The summed E-state index contributed by atoms with van der Waals surface area (Å²) in [5, 5.41) is 0. The third-order valence-corrected chi connectivity index (χ3v) is 2.32.